The van der Waals surface area contributed by atoms with Crippen molar-refractivity contribution in [3.05, 3.63) is 0 Å². The van der Waals surface area contributed by atoms with Gasteiger partial charge in [0.1, 0.15) is 13.2 Å². The van der Waals surface area contributed by atoms with Crippen LogP contribution in [0.3, 0.4) is 0 Å². The minimum Gasteiger partial charge on any atom is -0.462 e. The maximum Gasteiger partial charge on any atom is 0.361 e. The third kappa shape index (κ3) is 39.5. The van der Waals surface area contributed by atoms with E-state index in [1.165, 1.54) is 154 Å². The minimum absolute atomic E-state index is 0.0909. The molecular formula is C44H87N2O6+. The van der Waals surface area contributed by atoms with Crippen molar-refractivity contribution in [1.82, 2.24) is 0 Å². The number of carbonyl (C=O) groups is 3. The van der Waals surface area contributed by atoms with Crippen molar-refractivity contribution in [3.63, 3.8) is 0 Å². The Labute approximate surface area is 321 Å². The van der Waals surface area contributed by atoms with Crippen LogP contribution in [0, 0.1) is 0 Å². The fraction of sp³-hybridized carbons (Fsp3) is 0.932. The summed E-state index contributed by atoms with van der Waals surface area (Å²) in [5.41, 5.74) is 5.52. The van der Waals surface area contributed by atoms with Crippen molar-refractivity contribution in [2.24, 2.45) is 5.73 Å². The number of hydrogen-bond acceptors (Lipinski definition) is 7. The summed E-state index contributed by atoms with van der Waals surface area (Å²) in [7, 11) is 0. The molecule has 0 aliphatic carbocycles. The molecule has 4 N–H and O–H groups in total. The molecule has 0 aliphatic rings. The molecule has 8 heteroatoms. The quantitative estimate of drug-likeness (QED) is 0.0363. The van der Waals surface area contributed by atoms with Crippen LogP contribution >= 0.6 is 0 Å². The molecule has 0 aromatic heterocycles. The number of carbonyl (C=O) groups excluding carboxylic acids is 3. The second-order valence-corrected chi connectivity index (χ2v) is 15.3. The van der Waals surface area contributed by atoms with Gasteiger partial charge in [-0.05, 0) is 19.4 Å². The zero-order valence-electron chi connectivity index (χ0n) is 34.6. The molecule has 0 radical (unpaired) electrons. The van der Waals surface area contributed by atoms with Crippen molar-refractivity contribution in [2.45, 2.75) is 232 Å². The first-order valence-corrected chi connectivity index (χ1v) is 22.6. The Morgan fingerprint density at radius 1 is 0.442 bits per heavy atom. The van der Waals surface area contributed by atoms with Crippen molar-refractivity contribution in [2.75, 3.05) is 32.8 Å². The summed E-state index contributed by atoms with van der Waals surface area (Å²) < 4.78 is 16.5. The Kier molecular flexibility index (Phi) is 40.7. The zero-order chi connectivity index (χ0) is 38.0. The second-order valence-electron chi connectivity index (χ2n) is 15.3. The lowest BCUT2D eigenvalue weighted by Gasteiger charge is -2.18. The molecule has 1 unspecified atom stereocenters. The maximum atomic E-state index is 12.6. The number of rotatable bonds is 42. The van der Waals surface area contributed by atoms with Crippen molar-refractivity contribution in [1.29, 1.82) is 0 Å². The summed E-state index contributed by atoms with van der Waals surface area (Å²) in [6.45, 7) is 5.84. The van der Waals surface area contributed by atoms with Crippen molar-refractivity contribution in [3.8, 4) is 0 Å². The lowest BCUT2D eigenvalue weighted by Crippen LogP contribution is -2.86. The number of quaternary nitrogens is 1. The Morgan fingerprint density at radius 2 is 0.769 bits per heavy atom. The number of unbranched alkanes of at least 4 members (excludes halogenated alkanes) is 28. The van der Waals surface area contributed by atoms with Gasteiger partial charge in [0.05, 0.1) is 6.54 Å². The van der Waals surface area contributed by atoms with E-state index in [9.17, 15) is 14.4 Å². The van der Waals surface area contributed by atoms with Gasteiger partial charge in [-0.15, -0.1) is 0 Å². The van der Waals surface area contributed by atoms with Gasteiger partial charge in [-0.25, -0.2) is 4.79 Å². The minimum atomic E-state index is -0.790. The average Bonchev–Trinajstić information content (AvgIpc) is 3.14. The molecule has 0 amide bonds. The fourth-order valence-corrected chi connectivity index (χ4v) is 6.63. The SMILES string of the molecule is CCCCCCCCCCCCCCCCCC(=O)OCC(COC(=O)C[NH2+]CCCN)OC(=O)CCCCCCCCCCCCCCCCC. The standard InChI is InChI=1S/C44H86N2O6/c1-3-5-7-9-11-13-15-17-19-21-23-25-27-29-31-34-42(47)50-39-41(40-51-44(49)38-46-37-33-36-45)52-43(48)35-32-30-28-26-24-22-20-18-16-14-12-10-8-6-4-2/h41,46H,3-40,45H2,1-2H3/p+1. The smallest absolute Gasteiger partial charge is 0.361 e. The van der Waals surface area contributed by atoms with Gasteiger partial charge < -0.3 is 25.3 Å². The largest absolute Gasteiger partial charge is 0.462 e. The predicted octanol–water partition coefficient (Wildman–Crippen LogP) is 10.4. The van der Waals surface area contributed by atoms with Crippen molar-refractivity contribution < 1.29 is 33.9 Å². The fourth-order valence-electron chi connectivity index (χ4n) is 6.63. The van der Waals surface area contributed by atoms with E-state index in [1.807, 2.05) is 5.32 Å². The van der Waals surface area contributed by atoms with Gasteiger partial charge in [0.15, 0.2) is 12.6 Å². The summed E-state index contributed by atoms with van der Waals surface area (Å²) in [6.07, 6.45) is 38.9. The van der Waals surface area contributed by atoms with E-state index >= 15 is 0 Å². The van der Waals surface area contributed by atoms with Gasteiger partial charge >= 0.3 is 17.9 Å². The predicted molar refractivity (Wildman–Crippen MR) is 216 cm³/mol. The molecule has 0 rings (SSSR count). The van der Waals surface area contributed by atoms with Crippen LogP contribution in [-0.2, 0) is 28.6 Å². The van der Waals surface area contributed by atoms with Gasteiger partial charge in [0.25, 0.3) is 0 Å². The molecule has 8 nitrogen and oxygen atoms in total. The lowest BCUT2D eigenvalue weighted by atomic mass is 10.0. The van der Waals surface area contributed by atoms with E-state index in [4.69, 9.17) is 19.9 Å². The number of esters is 3. The van der Waals surface area contributed by atoms with Crippen LogP contribution in [0.1, 0.15) is 226 Å². The zero-order valence-corrected chi connectivity index (χ0v) is 34.6. The van der Waals surface area contributed by atoms with Crippen LogP contribution in [0.4, 0.5) is 0 Å². The van der Waals surface area contributed by atoms with E-state index in [-0.39, 0.29) is 37.7 Å². The Hall–Kier alpha value is -1.67. The molecule has 0 aliphatic heterocycles. The molecule has 0 aromatic rings. The van der Waals surface area contributed by atoms with Gasteiger partial charge in [-0.1, -0.05) is 194 Å². The molecule has 308 valence electrons. The highest BCUT2D eigenvalue weighted by molar-refractivity contribution is 5.71. The molecule has 0 aromatic carbocycles. The topological polar surface area (TPSA) is 122 Å². The van der Waals surface area contributed by atoms with E-state index in [0.29, 0.717) is 19.4 Å². The van der Waals surface area contributed by atoms with E-state index < -0.39 is 6.10 Å². The van der Waals surface area contributed by atoms with E-state index in [0.717, 1.165) is 51.5 Å². The van der Waals surface area contributed by atoms with Crippen LogP contribution in [0.2, 0.25) is 0 Å². The highest BCUT2D eigenvalue weighted by Crippen LogP contribution is 2.16. The molecule has 52 heavy (non-hydrogen) atoms. The van der Waals surface area contributed by atoms with Crippen LogP contribution < -0.4 is 11.1 Å². The summed E-state index contributed by atoms with van der Waals surface area (Å²) >= 11 is 0. The number of nitrogens with two attached hydrogens (primary N) is 2. The molecule has 0 bridgehead atoms. The normalized spacial score (nSPS) is 11.8. The Bertz CT molecular complexity index is 780. The van der Waals surface area contributed by atoms with Crippen LogP contribution in [0.15, 0.2) is 0 Å². The second kappa shape index (κ2) is 42.1. The van der Waals surface area contributed by atoms with Gasteiger partial charge in [0.2, 0.25) is 0 Å². The van der Waals surface area contributed by atoms with Crippen molar-refractivity contribution >= 4 is 17.9 Å². The van der Waals surface area contributed by atoms with Crippen LogP contribution in [0.5, 0.6) is 0 Å². The van der Waals surface area contributed by atoms with Gasteiger partial charge in [-0.2, -0.15) is 0 Å². The van der Waals surface area contributed by atoms with Crippen LogP contribution in [0.25, 0.3) is 0 Å². The molecule has 0 saturated heterocycles. The monoisotopic (exact) mass is 740 g/mol. The molecule has 0 spiro atoms. The van der Waals surface area contributed by atoms with Gasteiger partial charge in [-0.3, -0.25) is 9.59 Å². The Balaban J connectivity index is 4.11. The molecule has 1 atom stereocenters. The molecular weight excluding hydrogens is 652 g/mol. The third-order valence-electron chi connectivity index (χ3n) is 10.1. The summed E-state index contributed by atoms with van der Waals surface area (Å²) in [4.78, 5) is 37.3. The highest BCUT2D eigenvalue weighted by Gasteiger charge is 2.20. The first-order chi connectivity index (χ1) is 25.5. The molecule has 0 fully saturated rings. The number of ether oxygens (including phenoxy) is 3. The van der Waals surface area contributed by atoms with Crippen LogP contribution in [-0.4, -0.2) is 56.9 Å². The van der Waals surface area contributed by atoms with E-state index in [2.05, 4.69) is 13.8 Å². The highest BCUT2D eigenvalue weighted by atomic mass is 16.6. The third-order valence-corrected chi connectivity index (χ3v) is 10.1. The summed E-state index contributed by atoms with van der Waals surface area (Å²) in [6, 6.07) is 0. The van der Waals surface area contributed by atoms with E-state index in [1.54, 1.807) is 0 Å². The number of hydrogen-bond donors (Lipinski definition) is 2. The summed E-state index contributed by atoms with van der Waals surface area (Å²) in [5.74, 6) is -1.01. The summed E-state index contributed by atoms with van der Waals surface area (Å²) in [5, 5.41) is 1.85. The Morgan fingerprint density at radius 3 is 1.13 bits per heavy atom. The van der Waals surface area contributed by atoms with Gasteiger partial charge in [0, 0.05) is 19.3 Å². The molecule has 0 saturated carbocycles. The first kappa shape index (κ1) is 50.3. The maximum absolute atomic E-state index is 12.6. The molecule has 0 heterocycles. The first-order valence-electron chi connectivity index (χ1n) is 22.6. The lowest BCUT2D eigenvalue weighted by molar-refractivity contribution is -0.645. The average molecular weight is 740 g/mol.